The molecule has 21 heavy (non-hydrogen) atoms. The summed E-state index contributed by atoms with van der Waals surface area (Å²) in [6, 6.07) is 0.0327. The highest BCUT2D eigenvalue weighted by molar-refractivity contribution is 6.04. The molecular formula is C17H30N2O2. The van der Waals surface area contributed by atoms with Crippen molar-refractivity contribution in [2.45, 2.75) is 84.3 Å². The lowest BCUT2D eigenvalue weighted by Gasteiger charge is -2.48. The molecular weight excluding hydrogens is 264 g/mol. The van der Waals surface area contributed by atoms with Crippen LogP contribution in [0.1, 0.15) is 67.2 Å². The van der Waals surface area contributed by atoms with Crippen molar-refractivity contribution < 1.29 is 9.59 Å². The van der Waals surface area contributed by atoms with E-state index in [-0.39, 0.29) is 40.8 Å². The quantitative estimate of drug-likeness (QED) is 0.814. The molecule has 2 amide bonds. The van der Waals surface area contributed by atoms with E-state index in [4.69, 9.17) is 0 Å². The summed E-state index contributed by atoms with van der Waals surface area (Å²) in [5, 5.41) is 3.61. The summed E-state index contributed by atoms with van der Waals surface area (Å²) in [6.45, 7) is 12.8. The van der Waals surface area contributed by atoms with E-state index < -0.39 is 0 Å². The van der Waals surface area contributed by atoms with Gasteiger partial charge in [-0.2, -0.15) is 0 Å². The smallest absolute Gasteiger partial charge is 0.233 e. The summed E-state index contributed by atoms with van der Waals surface area (Å²) in [4.78, 5) is 26.7. The standard InChI is InChI=1S/C17H30N2O2/c1-7-11(2)13-8-14(20)19(15(13)21)12-9-16(3,4)18-17(5,6)10-12/h11-13,18H,7-10H2,1-6H3. The maximum Gasteiger partial charge on any atom is 0.233 e. The van der Waals surface area contributed by atoms with E-state index in [2.05, 4.69) is 46.9 Å². The molecule has 2 aliphatic heterocycles. The summed E-state index contributed by atoms with van der Waals surface area (Å²) in [6.07, 6.45) is 3.02. The number of hydrogen-bond donors (Lipinski definition) is 1. The first-order valence-corrected chi connectivity index (χ1v) is 8.21. The molecule has 0 bridgehead atoms. The second kappa shape index (κ2) is 5.38. The van der Waals surface area contributed by atoms with Gasteiger partial charge in [0, 0.05) is 29.5 Å². The van der Waals surface area contributed by atoms with Crippen LogP contribution < -0.4 is 5.32 Å². The third kappa shape index (κ3) is 3.31. The number of carbonyl (C=O) groups excluding carboxylic acids is 2. The zero-order valence-electron chi connectivity index (χ0n) is 14.3. The zero-order valence-corrected chi connectivity index (χ0v) is 14.3. The van der Waals surface area contributed by atoms with Crippen molar-refractivity contribution in [3.05, 3.63) is 0 Å². The Morgan fingerprint density at radius 2 is 1.71 bits per heavy atom. The second-order valence-corrected chi connectivity index (χ2v) is 8.25. The zero-order chi connectivity index (χ0) is 16.0. The highest BCUT2D eigenvalue weighted by Crippen LogP contribution is 2.37. The fourth-order valence-corrected chi connectivity index (χ4v) is 4.24. The molecule has 2 heterocycles. The lowest BCUT2D eigenvalue weighted by molar-refractivity contribution is -0.144. The number of nitrogens with one attached hydrogen (secondary N) is 1. The van der Waals surface area contributed by atoms with Crippen LogP contribution in [0, 0.1) is 11.8 Å². The topological polar surface area (TPSA) is 49.4 Å². The number of amides is 2. The molecule has 1 N–H and O–H groups in total. The fraction of sp³-hybridized carbons (Fsp3) is 0.882. The SMILES string of the molecule is CCC(C)C1CC(=O)N(C2CC(C)(C)NC(C)(C)C2)C1=O. The minimum Gasteiger partial charge on any atom is -0.307 e. The molecule has 0 aromatic carbocycles. The first kappa shape index (κ1) is 16.5. The van der Waals surface area contributed by atoms with Gasteiger partial charge in [-0.3, -0.25) is 14.5 Å². The van der Waals surface area contributed by atoms with E-state index >= 15 is 0 Å². The van der Waals surface area contributed by atoms with Gasteiger partial charge in [0.15, 0.2) is 0 Å². The molecule has 0 aromatic rings. The molecule has 0 aromatic heterocycles. The highest BCUT2D eigenvalue weighted by atomic mass is 16.2. The Labute approximate surface area is 128 Å². The molecule has 0 aliphatic carbocycles. The molecule has 2 atom stereocenters. The molecule has 2 aliphatic rings. The van der Waals surface area contributed by atoms with Crippen molar-refractivity contribution in [1.82, 2.24) is 10.2 Å². The van der Waals surface area contributed by atoms with Crippen molar-refractivity contribution in [2.24, 2.45) is 11.8 Å². The van der Waals surface area contributed by atoms with E-state index in [9.17, 15) is 9.59 Å². The predicted molar refractivity (Wildman–Crippen MR) is 83.7 cm³/mol. The molecule has 4 heteroatoms. The normalized spacial score (nSPS) is 30.8. The number of nitrogens with zero attached hydrogens (tertiary/aromatic N) is 1. The number of rotatable bonds is 3. The maximum absolute atomic E-state index is 12.7. The van der Waals surface area contributed by atoms with Crippen LogP contribution in [0.25, 0.3) is 0 Å². The number of imide groups is 1. The molecule has 2 saturated heterocycles. The summed E-state index contributed by atoms with van der Waals surface area (Å²) in [5.74, 6) is 0.273. The molecule has 2 unspecified atom stereocenters. The number of likely N-dealkylation sites (tertiary alicyclic amines) is 1. The van der Waals surface area contributed by atoms with Crippen LogP contribution in [0.15, 0.2) is 0 Å². The first-order chi connectivity index (χ1) is 9.56. The Kier molecular flexibility index (Phi) is 4.22. The highest BCUT2D eigenvalue weighted by Gasteiger charge is 2.48. The molecule has 0 spiro atoms. The van der Waals surface area contributed by atoms with E-state index in [1.807, 2.05) is 0 Å². The summed E-state index contributed by atoms with van der Waals surface area (Å²) < 4.78 is 0. The average Bonchev–Trinajstić information content (AvgIpc) is 2.59. The molecule has 2 fully saturated rings. The second-order valence-electron chi connectivity index (χ2n) is 8.25. The lowest BCUT2D eigenvalue weighted by atomic mass is 9.79. The first-order valence-electron chi connectivity index (χ1n) is 8.21. The largest absolute Gasteiger partial charge is 0.307 e. The minimum absolute atomic E-state index is 0.0313. The van der Waals surface area contributed by atoms with Crippen molar-refractivity contribution in [2.75, 3.05) is 0 Å². The van der Waals surface area contributed by atoms with Crippen molar-refractivity contribution in [3.8, 4) is 0 Å². The maximum atomic E-state index is 12.7. The van der Waals surface area contributed by atoms with Gasteiger partial charge in [0.2, 0.25) is 11.8 Å². The number of carbonyl (C=O) groups is 2. The van der Waals surface area contributed by atoms with E-state index in [0.29, 0.717) is 6.42 Å². The Bertz CT molecular complexity index is 426. The molecule has 0 saturated carbocycles. The Balaban J connectivity index is 2.21. The molecule has 0 radical (unpaired) electrons. The summed E-state index contributed by atoms with van der Waals surface area (Å²) in [5.41, 5.74) is -0.108. The van der Waals surface area contributed by atoms with Gasteiger partial charge in [0.25, 0.3) is 0 Å². The molecule has 120 valence electrons. The third-order valence-electron chi connectivity index (χ3n) is 5.08. The predicted octanol–water partition coefficient (Wildman–Crippen LogP) is 2.72. The van der Waals surface area contributed by atoms with Crippen LogP contribution >= 0.6 is 0 Å². The minimum atomic E-state index is -0.108. The van der Waals surface area contributed by atoms with Gasteiger partial charge < -0.3 is 5.32 Å². The van der Waals surface area contributed by atoms with Gasteiger partial charge >= 0.3 is 0 Å². The third-order valence-corrected chi connectivity index (χ3v) is 5.08. The van der Waals surface area contributed by atoms with E-state index in [1.165, 1.54) is 0 Å². The number of piperidine rings is 1. The van der Waals surface area contributed by atoms with Crippen molar-refractivity contribution >= 4 is 11.8 Å². The lowest BCUT2D eigenvalue weighted by Crippen LogP contribution is -2.62. The Morgan fingerprint density at radius 3 is 2.19 bits per heavy atom. The van der Waals surface area contributed by atoms with Crippen LogP contribution in [-0.4, -0.2) is 33.8 Å². The molecule has 4 nitrogen and oxygen atoms in total. The van der Waals surface area contributed by atoms with Gasteiger partial charge in [-0.15, -0.1) is 0 Å². The van der Waals surface area contributed by atoms with Crippen LogP contribution in [0.3, 0.4) is 0 Å². The summed E-state index contributed by atoms with van der Waals surface area (Å²) >= 11 is 0. The average molecular weight is 294 g/mol. The van der Waals surface area contributed by atoms with Crippen LogP contribution in [0.2, 0.25) is 0 Å². The fourth-order valence-electron chi connectivity index (χ4n) is 4.24. The monoisotopic (exact) mass is 294 g/mol. The Morgan fingerprint density at radius 1 is 1.19 bits per heavy atom. The summed E-state index contributed by atoms with van der Waals surface area (Å²) in [7, 11) is 0. The Hall–Kier alpha value is -0.900. The van der Waals surface area contributed by atoms with Crippen molar-refractivity contribution in [3.63, 3.8) is 0 Å². The van der Waals surface area contributed by atoms with Crippen LogP contribution in [0.5, 0.6) is 0 Å². The molecule has 2 rings (SSSR count). The van der Waals surface area contributed by atoms with Gasteiger partial charge in [0.05, 0.1) is 0 Å². The van der Waals surface area contributed by atoms with E-state index in [0.717, 1.165) is 19.3 Å². The van der Waals surface area contributed by atoms with Crippen molar-refractivity contribution in [1.29, 1.82) is 0 Å². The van der Waals surface area contributed by atoms with Gasteiger partial charge in [-0.05, 0) is 46.5 Å². The van der Waals surface area contributed by atoms with Gasteiger partial charge in [-0.1, -0.05) is 20.3 Å². The van der Waals surface area contributed by atoms with Gasteiger partial charge in [0.1, 0.15) is 0 Å². The van der Waals surface area contributed by atoms with Gasteiger partial charge in [-0.25, -0.2) is 0 Å². The van der Waals surface area contributed by atoms with Crippen LogP contribution in [0.4, 0.5) is 0 Å². The van der Waals surface area contributed by atoms with Crippen LogP contribution in [-0.2, 0) is 9.59 Å². The van der Waals surface area contributed by atoms with E-state index in [1.54, 1.807) is 4.90 Å². The number of hydrogen-bond acceptors (Lipinski definition) is 3.